The van der Waals surface area contributed by atoms with E-state index in [-0.39, 0.29) is 0 Å². The highest BCUT2D eigenvalue weighted by molar-refractivity contribution is 5.52. The average Bonchev–Trinajstić information content (AvgIpc) is 2.54. The Labute approximate surface area is 97.5 Å². The maximum Gasteiger partial charge on any atom is 0.126 e. The Morgan fingerprint density at radius 2 is 1.81 bits per heavy atom. The lowest BCUT2D eigenvalue weighted by atomic mass is 10.0. The number of nitrogens with two attached hydrogens (primary N) is 1. The van der Waals surface area contributed by atoms with Gasteiger partial charge < -0.3 is 11.1 Å². The highest BCUT2D eigenvalue weighted by Gasteiger charge is 2.65. The fourth-order valence-corrected chi connectivity index (χ4v) is 2.35. The summed E-state index contributed by atoms with van der Waals surface area (Å²) in [7, 11) is 0. The number of hydrogen-bond donors (Lipinski definition) is 2. The molecule has 0 unspecified atom stereocenters. The van der Waals surface area contributed by atoms with Crippen LogP contribution in [0.4, 0.5) is 11.5 Å². The van der Waals surface area contributed by atoms with Gasteiger partial charge in [-0.05, 0) is 29.4 Å². The van der Waals surface area contributed by atoms with E-state index >= 15 is 0 Å². The molecule has 1 aromatic rings. The summed E-state index contributed by atoms with van der Waals surface area (Å²) in [5, 5.41) is 3.50. The first-order chi connectivity index (χ1) is 7.26. The predicted molar refractivity (Wildman–Crippen MR) is 68.4 cm³/mol. The summed E-state index contributed by atoms with van der Waals surface area (Å²) < 4.78 is 0. The van der Waals surface area contributed by atoms with E-state index in [0.717, 1.165) is 17.1 Å². The van der Waals surface area contributed by atoms with Crippen molar-refractivity contribution in [1.29, 1.82) is 0 Å². The Hall–Kier alpha value is -1.25. The second-order valence-corrected chi connectivity index (χ2v) is 5.95. The van der Waals surface area contributed by atoms with Crippen molar-refractivity contribution in [1.82, 2.24) is 4.98 Å². The lowest BCUT2D eigenvalue weighted by Gasteiger charge is -2.09. The standard InChI is InChI=1S/C13H21N3/c1-8-6-10(15-7-9(8)14)16-11-12(2,3)13(11,4)5/h6-7,11H,14H2,1-5H3,(H,15,16). The molecule has 3 nitrogen and oxygen atoms in total. The van der Waals surface area contributed by atoms with Crippen molar-refractivity contribution in [3.05, 3.63) is 17.8 Å². The summed E-state index contributed by atoms with van der Waals surface area (Å²) in [6, 6.07) is 2.50. The zero-order valence-electron chi connectivity index (χ0n) is 10.8. The third-order valence-corrected chi connectivity index (χ3v) is 4.46. The van der Waals surface area contributed by atoms with Crippen molar-refractivity contribution in [2.24, 2.45) is 10.8 Å². The van der Waals surface area contributed by atoms with Crippen LogP contribution in [0.3, 0.4) is 0 Å². The number of nitrogen functional groups attached to an aromatic ring is 1. The van der Waals surface area contributed by atoms with Crippen LogP contribution in [-0.4, -0.2) is 11.0 Å². The van der Waals surface area contributed by atoms with E-state index in [4.69, 9.17) is 5.73 Å². The number of nitrogens with zero attached hydrogens (tertiary/aromatic N) is 1. The van der Waals surface area contributed by atoms with Crippen LogP contribution in [0.25, 0.3) is 0 Å². The van der Waals surface area contributed by atoms with E-state index in [0.29, 0.717) is 16.9 Å². The number of aryl methyl sites for hydroxylation is 1. The summed E-state index contributed by atoms with van der Waals surface area (Å²) in [6.07, 6.45) is 1.72. The Morgan fingerprint density at radius 1 is 1.25 bits per heavy atom. The van der Waals surface area contributed by atoms with Gasteiger partial charge in [0.15, 0.2) is 0 Å². The van der Waals surface area contributed by atoms with Crippen molar-refractivity contribution in [3.8, 4) is 0 Å². The fourth-order valence-electron chi connectivity index (χ4n) is 2.35. The van der Waals surface area contributed by atoms with Crippen LogP contribution in [0, 0.1) is 17.8 Å². The van der Waals surface area contributed by atoms with E-state index in [2.05, 4.69) is 38.0 Å². The van der Waals surface area contributed by atoms with Gasteiger partial charge in [-0.15, -0.1) is 0 Å². The fraction of sp³-hybridized carbons (Fsp3) is 0.615. The number of pyridine rings is 1. The number of nitrogens with one attached hydrogen (secondary N) is 1. The highest BCUT2D eigenvalue weighted by Crippen LogP contribution is 2.63. The van der Waals surface area contributed by atoms with E-state index in [9.17, 15) is 0 Å². The highest BCUT2D eigenvalue weighted by atomic mass is 15.1. The Bertz CT molecular complexity index is 407. The molecule has 1 heterocycles. The van der Waals surface area contributed by atoms with E-state index in [1.807, 2.05) is 13.0 Å². The lowest BCUT2D eigenvalue weighted by Crippen LogP contribution is -2.11. The average molecular weight is 219 g/mol. The minimum absolute atomic E-state index is 0.323. The molecule has 1 saturated carbocycles. The first-order valence-corrected chi connectivity index (χ1v) is 5.75. The lowest BCUT2D eigenvalue weighted by molar-refractivity contribution is 0.457. The first kappa shape index (κ1) is 11.2. The summed E-state index contributed by atoms with van der Waals surface area (Å²) in [5.74, 6) is 0.926. The van der Waals surface area contributed by atoms with Gasteiger partial charge in [-0.1, -0.05) is 27.7 Å². The molecule has 0 aromatic carbocycles. The second kappa shape index (κ2) is 3.12. The van der Waals surface area contributed by atoms with Crippen molar-refractivity contribution in [2.45, 2.75) is 40.7 Å². The third-order valence-electron chi connectivity index (χ3n) is 4.46. The molecule has 3 N–H and O–H groups in total. The maximum absolute atomic E-state index is 5.75. The summed E-state index contributed by atoms with van der Waals surface area (Å²) in [4.78, 5) is 4.31. The minimum atomic E-state index is 0.323. The maximum atomic E-state index is 5.75. The van der Waals surface area contributed by atoms with Crippen molar-refractivity contribution in [3.63, 3.8) is 0 Å². The molecule has 0 bridgehead atoms. The zero-order chi connectivity index (χ0) is 12.1. The van der Waals surface area contributed by atoms with Crippen LogP contribution in [-0.2, 0) is 0 Å². The van der Waals surface area contributed by atoms with Gasteiger partial charge in [0.1, 0.15) is 5.82 Å². The molecule has 1 aliphatic rings. The quantitative estimate of drug-likeness (QED) is 0.804. The molecule has 0 amide bonds. The summed E-state index contributed by atoms with van der Waals surface area (Å²) in [6.45, 7) is 11.2. The van der Waals surface area contributed by atoms with E-state index < -0.39 is 0 Å². The summed E-state index contributed by atoms with van der Waals surface area (Å²) in [5.41, 5.74) is 8.23. The smallest absolute Gasteiger partial charge is 0.126 e. The molecule has 1 aliphatic carbocycles. The molecular formula is C13H21N3. The molecule has 2 rings (SSSR count). The molecule has 16 heavy (non-hydrogen) atoms. The van der Waals surface area contributed by atoms with Gasteiger partial charge in [0.25, 0.3) is 0 Å². The number of anilines is 2. The van der Waals surface area contributed by atoms with Gasteiger partial charge in [0.2, 0.25) is 0 Å². The van der Waals surface area contributed by atoms with Crippen molar-refractivity contribution < 1.29 is 0 Å². The first-order valence-electron chi connectivity index (χ1n) is 5.75. The van der Waals surface area contributed by atoms with E-state index in [1.54, 1.807) is 6.20 Å². The molecule has 0 spiro atoms. The Kier molecular flexibility index (Phi) is 2.19. The normalized spacial score (nSPS) is 21.8. The second-order valence-electron chi connectivity index (χ2n) is 5.95. The largest absolute Gasteiger partial charge is 0.397 e. The molecule has 0 radical (unpaired) electrons. The van der Waals surface area contributed by atoms with Crippen molar-refractivity contribution in [2.75, 3.05) is 11.1 Å². The van der Waals surface area contributed by atoms with Gasteiger partial charge in [-0.2, -0.15) is 0 Å². The van der Waals surface area contributed by atoms with Crippen LogP contribution >= 0.6 is 0 Å². The predicted octanol–water partition coefficient (Wildman–Crippen LogP) is 2.82. The number of hydrogen-bond acceptors (Lipinski definition) is 3. The zero-order valence-corrected chi connectivity index (χ0v) is 10.8. The molecule has 0 aliphatic heterocycles. The molecule has 1 aromatic heterocycles. The number of rotatable bonds is 2. The van der Waals surface area contributed by atoms with Gasteiger partial charge >= 0.3 is 0 Å². The van der Waals surface area contributed by atoms with Crippen LogP contribution in [0.15, 0.2) is 12.3 Å². The van der Waals surface area contributed by atoms with Gasteiger partial charge in [0, 0.05) is 6.04 Å². The molecule has 88 valence electrons. The van der Waals surface area contributed by atoms with Crippen LogP contribution < -0.4 is 11.1 Å². The molecular weight excluding hydrogens is 198 g/mol. The topological polar surface area (TPSA) is 50.9 Å². The SMILES string of the molecule is Cc1cc(NC2C(C)(C)C2(C)C)ncc1N. The Balaban J connectivity index is 2.15. The monoisotopic (exact) mass is 219 g/mol. The van der Waals surface area contributed by atoms with Gasteiger partial charge in [-0.25, -0.2) is 4.98 Å². The van der Waals surface area contributed by atoms with Crippen molar-refractivity contribution >= 4 is 11.5 Å². The third kappa shape index (κ3) is 1.46. The van der Waals surface area contributed by atoms with Crippen LogP contribution in [0.5, 0.6) is 0 Å². The van der Waals surface area contributed by atoms with Gasteiger partial charge in [-0.3, -0.25) is 0 Å². The molecule has 0 saturated heterocycles. The Morgan fingerprint density at radius 3 is 2.25 bits per heavy atom. The molecule has 3 heteroatoms. The van der Waals surface area contributed by atoms with Gasteiger partial charge in [0.05, 0.1) is 11.9 Å². The van der Waals surface area contributed by atoms with E-state index in [1.165, 1.54) is 0 Å². The molecule has 1 fully saturated rings. The minimum Gasteiger partial charge on any atom is -0.397 e. The summed E-state index contributed by atoms with van der Waals surface area (Å²) >= 11 is 0. The number of aromatic nitrogens is 1. The van der Waals surface area contributed by atoms with Crippen LogP contribution in [0.2, 0.25) is 0 Å². The molecule has 0 atom stereocenters. The van der Waals surface area contributed by atoms with Crippen LogP contribution in [0.1, 0.15) is 33.3 Å².